The minimum Gasteiger partial charge on any atom is -0.392 e. The summed E-state index contributed by atoms with van der Waals surface area (Å²) >= 11 is 0. The lowest BCUT2D eigenvalue weighted by atomic mass is 9.71. The van der Waals surface area contributed by atoms with Gasteiger partial charge >= 0.3 is 0 Å². The second kappa shape index (κ2) is 5.97. The molecule has 1 aromatic rings. The summed E-state index contributed by atoms with van der Waals surface area (Å²) in [6.45, 7) is 4.61. The molecule has 22 heavy (non-hydrogen) atoms. The Bertz CT molecular complexity index is 578. The number of nitrogens with one attached hydrogen (secondary N) is 1. The van der Waals surface area contributed by atoms with Crippen LogP contribution in [0.2, 0.25) is 0 Å². The molecule has 120 valence electrons. The number of likely N-dealkylation sites (tertiary alicyclic amines) is 1. The lowest BCUT2D eigenvalue weighted by Crippen LogP contribution is -2.61. The number of carbonyl (C=O) groups is 1. The van der Waals surface area contributed by atoms with Crippen molar-refractivity contribution in [3.05, 3.63) is 35.1 Å². The molecule has 2 saturated heterocycles. The zero-order valence-electron chi connectivity index (χ0n) is 12.9. The molecule has 2 N–H and O–H groups in total. The largest absolute Gasteiger partial charge is 0.392 e. The normalized spacial score (nSPS) is 29.6. The van der Waals surface area contributed by atoms with Crippen LogP contribution >= 0.6 is 0 Å². The van der Waals surface area contributed by atoms with Gasteiger partial charge in [-0.05, 0) is 49.4 Å². The molecule has 0 radical (unpaired) electrons. The molecule has 0 unspecified atom stereocenters. The molecular weight excluding hydrogens is 283 g/mol. The van der Waals surface area contributed by atoms with Gasteiger partial charge in [-0.15, -0.1) is 0 Å². The number of rotatable bonds is 2. The molecule has 3 rings (SSSR count). The fourth-order valence-electron chi connectivity index (χ4n) is 3.74. The van der Waals surface area contributed by atoms with E-state index in [4.69, 9.17) is 0 Å². The molecule has 5 heteroatoms. The molecule has 1 spiro atoms. The summed E-state index contributed by atoms with van der Waals surface area (Å²) in [5, 5.41) is 13.3. The number of aryl methyl sites for hydroxylation is 1. The highest BCUT2D eigenvalue weighted by Gasteiger charge is 2.49. The smallest absolute Gasteiger partial charge is 0.230 e. The third kappa shape index (κ3) is 2.75. The standard InChI is InChI=1S/C17H23FN2O2/c1-12-9-14(18)4-3-13(12)10-20-8-5-15(21)17(11-20)6-2-7-19-16(17)22/h3-4,9,15,21H,2,5-8,10-11H2,1H3,(H,19,22)/t15-,17+/m0/s1. The third-order valence-corrected chi connectivity index (χ3v) is 5.10. The molecule has 0 aromatic heterocycles. The maximum absolute atomic E-state index is 13.2. The van der Waals surface area contributed by atoms with E-state index in [0.717, 1.165) is 30.5 Å². The predicted molar refractivity (Wildman–Crippen MR) is 81.7 cm³/mol. The first-order valence-corrected chi connectivity index (χ1v) is 7.95. The number of nitrogens with zero attached hydrogens (tertiary/aromatic N) is 1. The maximum Gasteiger partial charge on any atom is 0.230 e. The molecule has 0 bridgehead atoms. The van der Waals surface area contributed by atoms with Crippen molar-refractivity contribution < 1.29 is 14.3 Å². The van der Waals surface area contributed by atoms with Crippen LogP contribution in [0, 0.1) is 18.2 Å². The Morgan fingerprint density at radius 1 is 1.50 bits per heavy atom. The Kier molecular flexibility index (Phi) is 4.19. The van der Waals surface area contributed by atoms with Crippen LogP contribution < -0.4 is 5.32 Å². The van der Waals surface area contributed by atoms with Gasteiger partial charge in [-0.25, -0.2) is 4.39 Å². The van der Waals surface area contributed by atoms with Gasteiger partial charge in [0.05, 0.1) is 11.5 Å². The number of aliphatic hydroxyl groups is 1. The van der Waals surface area contributed by atoms with E-state index in [0.29, 0.717) is 26.1 Å². The molecule has 1 aromatic carbocycles. The highest BCUT2D eigenvalue weighted by Crippen LogP contribution is 2.37. The van der Waals surface area contributed by atoms with E-state index in [-0.39, 0.29) is 11.7 Å². The summed E-state index contributed by atoms with van der Waals surface area (Å²) < 4.78 is 13.2. The van der Waals surface area contributed by atoms with Crippen LogP contribution in [0.25, 0.3) is 0 Å². The van der Waals surface area contributed by atoms with E-state index >= 15 is 0 Å². The summed E-state index contributed by atoms with van der Waals surface area (Å²) in [6, 6.07) is 4.82. The first-order chi connectivity index (χ1) is 10.5. The van der Waals surface area contributed by atoms with Gasteiger partial charge in [0.1, 0.15) is 5.82 Å². The van der Waals surface area contributed by atoms with Crippen LogP contribution in [0.1, 0.15) is 30.4 Å². The van der Waals surface area contributed by atoms with Crippen molar-refractivity contribution in [2.45, 2.75) is 38.8 Å². The lowest BCUT2D eigenvalue weighted by molar-refractivity contribution is -0.149. The molecule has 4 nitrogen and oxygen atoms in total. The minimum atomic E-state index is -0.676. The molecule has 1 amide bonds. The molecule has 2 atom stereocenters. The maximum atomic E-state index is 13.2. The van der Waals surface area contributed by atoms with Gasteiger partial charge in [0, 0.05) is 26.2 Å². The Morgan fingerprint density at radius 2 is 2.32 bits per heavy atom. The summed E-state index contributed by atoms with van der Waals surface area (Å²) in [6.07, 6.45) is 1.68. The third-order valence-electron chi connectivity index (χ3n) is 5.10. The van der Waals surface area contributed by atoms with Crippen LogP contribution in [0.4, 0.5) is 4.39 Å². The molecule has 0 aliphatic carbocycles. The van der Waals surface area contributed by atoms with E-state index in [9.17, 15) is 14.3 Å². The number of hydrogen-bond donors (Lipinski definition) is 2. The first-order valence-electron chi connectivity index (χ1n) is 7.95. The van der Waals surface area contributed by atoms with Crippen molar-refractivity contribution in [1.29, 1.82) is 0 Å². The van der Waals surface area contributed by atoms with Gasteiger partial charge in [-0.2, -0.15) is 0 Å². The highest BCUT2D eigenvalue weighted by molar-refractivity contribution is 5.84. The van der Waals surface area contributed by atoms with Crippen molar-refractivity contribution >= 4 is 5.91 Å². The monoisotopic (exact) mass is 306 g/mol. The van der Waals surface area contributed by atoms with Crippen LogP contribution in [0.3, 0.4) is 0 Å². The fourth-order valence-corrected chi connectivity index (χ4v) is 3.74. The average molecular weight is 306 g/mol. The lowest BCUT2D eigenvalue weighted by Gasteiger charge is -2.47. The van der Waals surface area contributed by atoms with Crippen LogP contribution in [-0.2, 0) is 11.3 Å². The number of piperidine rings is 2. The second-order valence-electron chi connectivity index (χ2n) is 6.60. The zero-order valence-corrected chi connectivity index (χ0v) is 12.9. The van der Waals surface area contributed by atoms with Crippen molar-refractivity contribution in [3.63, 3.8) is 0 Å². The van der Waals surface area contributed by atoms with E-state index < -0.39 is 11.5 Å². The predicted octanol–water partition coefficient (Wildman–Crippen LogP) is 1.60. The Morgan fingerprint density at radius 3 is 3.05 bits per heavy atom. The Labute approximate surface area is 130 Å². The topological polar surface area (TPSA) is 52.6 Å². The van der Waals surface area contributed by atoms with Crippen LogP contribution in [0.5, 0.6) is 0 Å². The fraction of sp³-hybridized carbons (Fsp3) is 0.588. The minimum absolute atomic E-state index is 0.0215. The van der Waals surface area contributed by atoms with Crippen molar-refractivity contribution in [1.82, 2.24) is 10.2 Å². The second-order valence-corrected chi connectivity index (χ2v) is 6.60. The quantitative estimate of drug-likeness (QED) is 0.872. The van der Waals surface area contributed by atoms with Crippen LogP contribution in [-0.4, -0.2) is 41.7 Å². The summed E-state index contributed by atoms with van der Waals surface area (Å²) in [4.78, 5) is 14.5. The Balaban J connectivity index is 1.77. The van der Waals surface area contributed by atoms with Gasteiger partial charge in [-0.1, -0.05) is 6.07 Å². The first kappa shape index (κ1) is 15.4. The average Bonchev–Trinajstić information content (AvgIpc) is 2.49. The SMILES string of the molecule is Cc1cc(F)ccc1CN1CC[C@H](O)[C@@]2(CCCNC2=O)C1. The molecule has 0 saturated carbocycles. The Hall–Kier alpha value is -1.46. The van der Waals surface area contributed by atoms with Gasteiger partial charge in [-0.3, -0.25) is 9.69 Å². The molecule has 2 aliphatic rings. The van der Waals surface area contributed by atoms with E-state index in [2.05, 4.69) is 10.2 Å². The van der Waals surface area contributed by atoms with Gasteiger partial charge in [0.25, 0.3) is 0 Å². The highest BCUT2D eigenvalue weighted by atomic mass is 19.1. The summed E-state index contributed by atoms with van der Waals surface area (Å²) in [5.41, 5.74) is 1.32. The van der Waals surface area contributed by atoms with Crippen molar-refractivity contribution in [3.8, 4) is 0 Å². The summed E-state index contributed by atoms with van der Waals surface area (Å²) in [5.74, 6) is -0.245. The zero-order chi connectivity index (χ0) is 15.7. The van der Waals surface area contributed by atoms with E-state index in [1.807, 2.05) is 13.0 Å². The van der Waals surface area contributed by atoms with Crippen molar-refractivity contribution in [2.75, 3.05) is 19.6 Å². The molecular formula is C17H23FN2O2. The van der Waals surface area contributed by atoms with E-state index in [1.165, 1.54) is 12.1 Å². The number of amides is 1. The van der Waals surface area contributed by atoms with Gasteiger partial charge in [0.2, 0.25) is 5.91 Å². The summed E-state index contributed by atoms with van der Waals surface area (Å²) in [7, 11) is 0. The number of carbonyl (C=O) groups excluding carboxylic acids is 1. The van der Waals surface area contributed by atoms with Crippen molar-refractivity contribution in [2.24, 2.45) is 5.41 Å². The molecule has 2 aliphatic heterocycles. The number of hydrogen-bond acceptors (Lipinski definition) is 3. The van der Waals surface area contributed by atoms with E-state index in [1.54, 1.807) is 0 Å². The number of halogens is 1. The van der Waals surface area contributed by atoms with Gasteiger partial charge < -0.3 is 10.4 Å². The molecule has 2 heterocycles. The number of aliphatic hydroxyl groups excluding tert-OH is 1. The van der Waals surface area contributed by atoms with Crippen LogP contribution in [0.15, 0.2) is 18.2 Å². The van der Waals surface area contributed by atoms with Gasteiger partial charge in [0.15, 0.2) is 0 Å². The molecule has 2 fully saturated rings. The number of benzene rings is 1.